The van der Waals surface area contributed by atoms with Gasteiger partial charge in [-0.25, -0.2) is 0 Å². The molecule has 2 aliphatic rings. The minimum atomic E-state index is -0.720. The van der Waals surface area contributed by atoms with Gasteiger partial charge in [-0.1, -0.05) is 19.4 Å². The van der Waals surface area contributed by atoms with Crippen molar-refractivity contribution >= 4 is 5.97 Å². The second-order valence-corrected chi connectivity index (χ2v) is 6.12. The molecule has 0 amide bonds. The van der Waals surface area contributed by atoms with E-state index in [2.05, 4.69) is 13.8 Å². The van der Waals surface area contributed by atoms with Crippen molar-refractivity contribution in [1.82, 2.24) is 0 Å². The maximum Gasteiger partial charge on any atom is 0.303 e. The number of rotatable bonds is 4. The van der Waals surface area contributed by atoms with Gasteiger partial charge in [0, 0.05) is 6.42 Å². The molecule has 0 aromatic carbocycles. The molecule has 0 saturated carbocycles. The molecular formula is C14H22O3. The molecule has 2 rings (SSSR count). The Kier molecular flexibility index (Phi) is 3.30. The maximum absolute atomic E-state index is 10.6. The van der Waals surface area contributed by atoms with Crippen LogP contribution in [0.4, 0.5) is 0 Å². The molecule has 0 heterocycles. The monoisotopic (exact) mass is 238 g/mol. The Morgan fingerprint density at radius 3 is 2.82 bits per heavy atom. The summed E-state index contributed by atoms with van der Waals surface area (Å²) in [4.78, 5) is 10.6. The van der Waals surface area contributed by atoms with Crippen LogP contribution >= 0.6 is 0 Å². The van der Waals surface area contributed by atoms with E-state index < -0.39 is 5.97 Å². The van der Waals surface area contributed by atoms with Crippen LogP contribution in [0.25, 0.3) is 0 Å². The Morgan fingerprint density at radius 2 is 2.18 bits per heavy atom. The highest BCUT2D eigenvalue weighted by Crippen LogP contribution is 2.54. The molecule has 17 heavy (non-hydrogen) atoms. The van der Waals surface area contributed by atoms with E-state index in [4.69, 9.17) is 5.11 Å². The maximum atomic E-state index is 10.6. The molecule has 0 unspecified atom stereocenters. The van der Waals surface area contributed by atoms with Crippen molar-refractivity contribution in [3.05, 3.63) is 11.1 Å². The van der Waals surface area contributed by atoms with Gasteiger partial charge in [0.25, 0.3) is 0 Å². The standard InChI is InChI=1S/C14H22O3/c1-14(2)8-9-6-7-11(15)13(9)10(14)4-3-5-12(16)17/h10-11,15H,3-8H2,1-2H3,(H,16,17)/t10-,11-/m0/s1. The van der Waals surface area contributed by atoms with Gasteiger partial charge in [-0.05, 0) is 49.0 Å². The van der Waals surface area contributed by atoms with Crippen LogP contribution in [0.3, 0.4) is 0 Å². The minimum absolute atomic E-state index is 0.199. The van der Waals surface area contributed by atoms with Crippen molar-refractivity contribution in [2.75, 3.05) is 0 Å². The van der Waals surface area contributed by atoms with Crippen molar-refractivity contribution in [3.63, 3.8) is 0 Å². The quantitative estimate of drug-likeness (QED) is 0.740. The Morgan fingerprint density at radius 1 is 1.47 bits per heavy atom. The van der Waals surface area contributed by atoms with Gasteiger partial charge in [0.05, 0.1) is 6.10 Å². The van der Waals surface area contributed by atoms with Crippen LogP contribution in [0.1, 0.15) is 52.4 Å². The molecule has 96 valence electrons. The number of hydrogen-bond donors (Lipinski definition) is 2. The Bertz CT molecular complexity index is 354. The zero-order valence-corrected chi connectivity index (χ0v) is 10.7. The van der Waals surface area contributed by atoms with E-state index >= 15 is 0 Å². The first-order valence-corrected chi connectivity index (χ1v) is 6.53. The number of carboxylic acids is 1. The lowest BCUT2D eigenvalue weighted by molar-refractivity contribution is -0.137. The number of aliphatic hydroxyl groups is 1. The molecule has 0 bridgehead atoms. The SMILES string of the molecule is CC1(C)CC2=C([C@@H](O)CC2)[C@@H]1CCCC(=O)O. The fourth-order valence-electron chi connectivity index (χ4n) is 3.61. The summed E-state index contributed by atoms with van der Waals surface area (Å²) in [6.45, 7) is 4.48. The van der Waals surface area contributed by atoms with Gasteiger partial charge in [0.2, 0.25) is 0 Å². The van der Waals surface area contributed by atoms with Crippen LogP contribution in [0, 0.1) is 11.3 Å². The highest BCUT2D eigenvalue weighted by atomic mass is 16.4. The topological polar surface area (TPSA) is 57.5 Å². The summed E-state index contributed by atoms with van der Waals surface area (Å²) in [6.07, 6.45) is 4.58. The Hall–Kier alpha value is -0.830. The number of carboxylic acid groups (broad SMARTS) is 1. The fraction of sp³-hybridized carbons (Fsp3) is 0.786. The zero-order chi connectivity index (χ0) is 12.6. The van der Waals surface area contributed by atoms with Crippen LogP contribution in [0.2, 0.25) is 0 Å². The van der Waals surface area contributed by atoms with E-state index in [1.165, 1.54) is 11.1 Å². The third-order valence-electron chi connectivity index (χ3n) is 4.36. The fourth-order valence-corrected chi connectivity index (χ4v) is 3.61. The normalized spacial score (nSPS) is 30.8. The van der Waals surface area contributed by atoms with Gasteiger partial charge in [0.15, 0.2) is 0 Å². The molecule has 0 aromatic rings. The predicted molar refractivity (Wildman–Crippen MR) is 65.6 cm³/mol. The van der Waals surface area contributed by atoms with Crippen LogP contribution in [-0.2, 0) is 4.79 Å². The van der Waals surface area contributed by atoms with Gasteiger partial charge in [-0.2, -0.15) is 0 Å². The second-order valence-electron chi connectivity index (χ2n) is 6.12. The van der Waals surface area contributed by atoms with Crippen LogP contribution in [-0.4, -0.2) is 22.3 Å². The molecule has 0 spiro atoms. The van der Waals surface area contributed by atoms with Crippen LogP contribution in [0.5, 0.6) is 0 Å². The molecule has 2 atom stereocenters. The molecular weight excluding hydrogens is 216 g/mol. The highest BCUT2D eigenvalue weighted by molar-refractivity contribution is 5.66. The summed E-state index contributed by atoms with van der Waals surface area (Å²) >= 11 is 0. The van der Waals surface area contributed by atoms with E-state index in [1.54, 1.807) is 0 Å². The lowest BCUT2D eigenvalue weighted by Gasteiger charge is -2.31. The Balaban J connectivity index is 2.04. The number of aliphatic carboxylic acids is 1. The second kappa shape index (κ2) is 4.45. The number of allylic oxidation sites excluding steroid dienone is 1. The highest BCUT2D eigenvalue weighted by Gasteiger charge is 2.44. The molecule has 0 radical (unpaired) electrons. The average molecular weight is 238 g/mol. The van der Waals surface area contributed by atoms with Crippen LogP contribution in [0.15, 0.2) is 11.1 Å². The molecule has 0 aromatic heterocycles. The summed E-state index contributed by atoms with van der Waals surface area (Å²) < 4.78 is 0. The van der Waals surface area contributed by atoms with Crippen molar-refractivity contribution in [2.45, 2.75) is 58.5 Å². The molecule has 0 saturated heterocycles. The summed E-state index contributed by atoms with van der Waals surface area (Å²) in [6, 6.07) is 0. The first kappa shape index (κ1) is 12.6. The number of carbonyl (C=O) groups is 1. The summed E-state index contributed by atoms with van der Waals surface area (Å²) in [5.74, 6) is -0.337. The van der Waals surface area contributed by atoms with E-state index in [9.17, 15) is 9.90 Å². The van der Waals surface area contributed by atoms with Crippen molar-refractivity contribution < 1.29 is 15.0 Å². The summed E-state index contributed by atoms with van der Waals surface area (Å²) in [5.41, 5.74) is 2.90. The lowest BCUT2D eigenvalue weighted by atomic mass is 9.74. The predicted octanol–water partition coefficient (Wildman–Crippen LogP) is 2.74. The van der Waals surface area contributed by atoms with E-state index in [0.717, 1.165) is 25.7 Å². The molecule has 2 N–H and O–H groups in total. The van der Waals surface area contributed by atoms with Gasteiger partial charge in [-0.15, -0.1) is 0 Å². The first-order valence-electron chi connectivity index (χ1n) is 6.53. The summed E-state index contributed by atoms with van der Waals surface area (Å²) in [7, 11) is 0. The van der Waals surface area contributed by atoms with Crippen LogP contribution < -0.4 is 0 Å². The molecule has 3 heteroatoms. The van der Waals surface area contributed by atoms with Gasteiger partial charge in [0.1, 0.15) is 0 Å². The zero-order valence-electron chi connectivity index (χ0n) is 10.7. The number of hydrogen-bond acceptors (Lipinski definition) is 2. The third-order valence-corrected chi connectivity index (χ3v) is 4.36. The van der Waals surface area contributed by atoms with Crippen molar-refractivity contribution in [1.29, 1.82) is 0 Å². The third kappa shape index (κ3) is 2.39. The number of aliphatic hydroxyl groups excluding tert-OH is 1. The van der Waals surface area contributed by atoms with E-state index in [-0.39, 0.29) is 17.9 Å². The Labute approximate surface area is 103 Å². The van der Waals surface area contributed by atoms with E-state index in [0.29, 0.717) is 12.3 Å². The lowest BCUT2D eigenvalue weighted by Crippen LogP contribution is -2.25. The molecule has 0 aliphatic heterocycles. The van der Waals surface area contributed by atoms with Gasteiger partial charge in [-0.3, -0.25) is 4.79 Å². The summed E-state index contributed by atoms with van der Waals surface area (Å²) in [5, 5.41) is 18.7. The minimum Gasteiger partial charge on any atom is -0.481 e. The molecule has 0 fully saturated rings. The van der Waals surface area contributed by atoms with Gasteiger partial charge >= 0.3 is 5.97 Å². The van der Waals surface area contributed by atoms with E-state index in [1.807, 2.05) is 0 Å². The first-order chi connectivity index (χ1) is 7.92. The smallest absolute Gasteiger partial charge is 0.303 e. The molecule has 2 aliphatic carbocycles. The van der Waals surface area contributed by atoms with Crippen molar-refractivity contribution in [2.24, 2.45) is 11.3 Å². The van der Waals surface area contributed by atoms with Gasteiger partial charge < -0.3 is 10.2 Å². The largest absolute Gasteiger partial charge is 0.481 e. The average Bonchev–Trinajstić information content (AvgIpc) is 2.65. The van der Waals surface area contributed by atoms with Crippen molar-refractivity contribution in [3.8, 4) is 0 Å². The molecule has 3 nitrogen and oxygen atoms in total.